The lowest BCUT2D eigenvalue weighted by atomic mass is 9.98. The highest BCUT2D eigenvalue weighted by molar-refractivity contribution is 5.70. The normalized spacial score (nSPS) is 27.0. The first-order chi connectivity index (χ1) is 31.0. The van der Waals surface area contributed by atoms with Gasteiger partial charge in [-0.1, -0.05) is 120 Å². The number of unbranched alkanes of at least 4 members (excludes halogenated alkanes) is 14. The Morgan fingerprint density at radius 3 is 1.56 bits per heavy atom. The Morgan fingerprint density at radius 1 is 0.516 bits per heavy atom. The molecule has 15 heteroatoms. The highest BCUT2D eigenvalue weighted by Crippen LogP contribution is 2.26. The van der Waals surface area contributed by atoms with Crippen LogP contribution in [0, 0.1) is 0 Å². The molecule has 2 aliphatic rings. The van der Waals surface area contributed by atoms with E-state index in [1.807, 2.05) is 0 Å². The standard InChI is InChI=1S/C49H84O15/c1-3-5-7-9-11-13-15-17-18-20-21-23-25-27-29-31-40(51)59-34-37(62-41(52)32-30-28-26-24-22-19-16-14-12-10-8-6-4-2)35-60-48-47(58)45(56)43(54)39(64-48)36-61-49-46(57)44(55)42(53)38(33-50)63-49/h5,7,11,13-14,16-18,37-39,42-50,53-58H,3-4,6,8-10,12,15,19-36H2,1-2H3/b7-5-,13-11-,16-14-,18-17-/t37?,38-,39-,42+,43+,44+,45+,46-,47-,48-,49+/m1/s1. The summed E-state index contributed by atoms with van der Waals surface area (Å²) in [5, 5.41) is 71.9. The first kappa shape index (κ1) is 57.6. The third kappa shape index (κ3) is 24.8. The molecule has 0 aromatic heterocycles. The quantitative estimate of drug-likeness (QED) is 0.0220. The Kier molecular flexibility index (Phi) is 32.9. The van der Waals surface area contributed by atoms with Gasteiger partial charge in [-0.05, 0) is 70.6 Å². The van der Waals surface area contributed by atoms with E-state index in [0.29, 0.717) is 12.8 Å². The van der Waals surface area contributed by atoms with Gasteiger partial charge in [0.2, 0.25) is 0 Å². The summed E-state index contributed by atoms with van der Waals surface area (Å²) in [5.41, 5.74) is 0. The highest BCUT2D eigenvalue weighted by Gasteiger charge is 2.47. The Hall–Kier alpha value is -2.54. The van der Waals surface area contributed by atoms with Crippen LogP contribution >= 0.6 is 0 Å². The minimum Gasteiger partial charge on any atom is -0.462 e. The second kappa shape index (κ2) is 36.6. The van der Waals surface area contributed by atoms with Crippen LogP contribution in [0.3, 0.4) is 0 Å². The van der Waals surface area contributed by atoms with Gasteiger partial charge in [0.1, 0.15) is 55.4 Å². The van der Waals surface area contributed by atoms with Crippen molar-refractivity contribution in [3.05, 3.63) is 48.6 Å². The number of ether oxygens (including phenoxy) is 6. The first-order valence-corrected chi connectivity index (χ1v) is 24.2. The lowest BCUT2D eigenvalue weighted by molar-refractivity contribution is -0.332. The zero-order valence-corrected chi connectivity index (χ0v) is 38.8. The zero-order chi connectivity index (χ0) is 46.8. The van der Waals surface area contributed by atoms with Gasteiger partial charge in [-0.3, -0.25) is 9.59 Å². The zero-order valence-electron chi connectivity index (χ0n) is 38.8. The molecule has 0 aliphatic carbocycles. The van der Waals surface area contributed by atoms with E-state index in [4.69, 9.17) is 28.4 Å². The van der Waals surface area contributed by atoms with Gasteiger partial charge in [-0.25, -0.2) is 0 Å². The van der Waals surface area contributed by atoms with Crippen molar-refractivity contribution < 1.29 is 73.8 Å². The van der Waals surface area contributed by atoms with Crippen molar-refractivity contribution in [1.29, 1.82) is 0 Å². The molecule has 2 saturated heterocycles. The molecule has 2 rings (SSSR count). The number of hydrogen-bond donors (Lipinski definition) is 7. The molecule has 2 fully saturated rings. The van der Waals surface area contributed by atoms with Gasteiger partial charge in [0, 0.05) is 12.8 Å². The number of hydrogen-bond acceptors (Lipinski definition) is 15. The molecular formula is C49H84O15. The number of carbonyl (C=O) groups is 2. The number of allylic oxidation sites excluding steroid dienone is 8. The van der Waals surface area contributed by atoms with Crippen molar-refractivity contribution in [2.75, 3.05) is 26.4 Å². The smallest absolute Gasteiger partial charge is 0.306 e. The summed E-state index contributed by atoms with van der Waals surface area (Å²) in [6.45, 7) is 2.41. The van der Waals surface area contributed by atoms with Gasteiger partial charge in [-0.2, -0.15) is 0 Å². The third-order valence-corrected chi connectivity index (χ3v) is 11.3. The van der Waals surface area contributed by atoms with E-state index in [1.165, 1.54) is 25.7 Å². The molecule has 0 aromatic carbocycles. The lowest BCUT2D eigenvalue weighted by Gasteiger charge is -2.42. The van der Waals surface area contributed by atoms with Crippen LogP contribution in [0.25, 0.3) is 0 Å². The predicted molar refractivity (Wildman–Crippen MR) is 243 cm³/mol. The topological polar surface area (TPSA) is 231 Å². The third-order valence-electron chi connectivity index (χ3n) is 11.3. The molecular weight excluding hydrogens is 829 g/mol. The predicted octanol–water partition coefficient (Wildman–Crippen LogP) is 5.93. The van der Waals surface area contributed by atoms with Gasteiger partial charge < -0.3 is 64.2 Å². The highest BCUT2D eigenvalue weighted by atomic mass is 16.7. The van der Waals surface area contributed by atoms with E-state index in [9.17, 15) is 45.3 Å². The monoisotopic (exact) mass is 913 g/mol. The number of carbonyl (C=O) groups excluding carboxylic acids is 2. The summed E-state index contributed by atoms with van der Waals surface area (Å²) in [4.78, 5) is 25.7. The van der Waals surface area contributed by atoms with Crippen LogP contribution in [-0.4, -0.2) is 142 Å². The minimum absolute atomic E-state index is 0.150. The maximum atomic E-state index is 13.0. The molecule has 0 amide bonds. The Bertz CT molecular complexity index is 1300. The SMILES string of the molecule is CC/C=C\C/C=C\C/C=C\CCCCCCCC(=O)OCC(CO[C@@H]1O[C@H](CO[C@H]2O[C@H](CO)[C@H](O)[C@H](O)[C@H]2O)[C@H](O)[C@H](O)[C@H]1O)OC(=O)CCCCCCC/C=C\CCCCCC. The minimum atomic E-state index is -1.77. The van der Waals surface area contributed by atoms with Crippen molar-refractivity contribution in [3.63, 3.8) is 0 Å². The van der Waals surface area contributed by atoms with Crippen LogP contribution in [0.5, 0.6) is 0 Å². The summed E-state index contributed by atoms with van der Waals surface area (Å²) >= 11 is 0. The van der Waals surface area contributed by atoms with Gasteiger partial charge in [0.25, 0.3) is 0 Å². The van der Waals surface area contributed by atoms with E-state index in [1.54, 1.807) is 0 Å². The lowest BCUT2D eigenvalue weighted by Crippen LogP contribution is -2.61. The Balaban J connectivity index is 1.84. The molecule has 0 bridgehead atoms. The second-order valence-corrected chi connectivity index (χ2v) is 16.9. The first-order valence-electron chi connectivity index (χ1n) is 24.2. The van der Waals surface area contributed by atoms with Crippen molar-refractivity contribution in [2.24, 2.45) is 0 Å². The van der Waals surface area contributed by atoms with Crippen molar-refractivity contribution in [2.45, 2.75) is 223 Å². The van der Waals surface area contributed by atoms with Gasteiger partial charge in [0.15, 0.2) is 18.7 Å². The molecule has 11 atom stereocenters. The molecule has 0 saturated carbocycles. The van der Waals surface area contributed by atoms with Crippen LogP contribution in [0.1, 0.15) is 155 Å². The Labute approximate surface area is 382 Å². The molecule has 1 unspecified atom stereocenters. The van der Waals surface area contributed by atoms with Crippen LogP contribution in [0.15, 0.2) is 48.6 Å². The summed E-state index contributed by atoms with van der Waals surface area (Å²) in [6, 6.07) is 0. The van der Waals surface area contributed by atoms with Gasteiger partial charge in [0.05, 0.1) is 19.8 Å². The fourth-order valence-electron chi connectivity index (χ4n) is 7.28. The second-order valence-electron chi connectivity index (χ2n) is 16.9. The van der Waals surface area contributed by atoms with Crippen LogP contribution in [0.4, 0.5) is 0 Å². The summed E-state index contributed by atoms with van der Waals surface area (Å²) in [7, 11) is 0. The van der Waals surface area contributed by atoms with Crippen molar-refractivity contribution in [3.8, 4) is 0 Å². The molecule has 2 heterocycles. The fraction of sp³-hybridized carbons (Fsp3) is 0.796. The summed E-state index contributed by atoms with van der Waals surface area (Å²) in [5.74, 6) is -0.959. The van der Waals surface area contributed by atoms with Crippen molar-refractivity contribution in [1.82, 2.24) is 0 Å². The summed E-state index contributed by atoms with van der Waals surface area (Å²) in [6.07, 6.45) is 21.4. The van der Waals surface area contributed by atoms with Crippen LogP contribution < -0.4 is 0 Å². The number of aliphatic hydroxyl groups is 7. The molecule has 64 heavy (non-hydrogen) atoms. The average Bonchev–Trinajstić information content (AvgIpc) is 3.29. The average molecular weight is 913 g/mol. The summed E-state index contributed by atoms with van der Waals surface area (Å²) < 4.78 is 33.5. The fourth-order valence-corrected chi connectivity index (χ4v) is 7.28. The Morgan fingerprint density at radius 2 is 0.984 bits per heavy atom. The maximum absolute atomic E-state index is 13.0. The molecule has 0 spiro atoms. The van der Waals surface area contributed by atoms with Gasteiger partial charge in [-0.15, -0.1) is 0 Å². The largest absolute Gasteiger partial charge is 0.462 e. The van der Waals surface area contributed by atoms with E-state index in [2.05, 4.69) is 62.5 Å². The molecule has 0 radical (unpaired) electrons. The van der Waals surface area contributed by atoms with Crippen LogP contribution in [-0.2, 0) is 38.0 Å². The molecule has 370 valence electrons. The number of aliphatic hydroxyl groups excluding tert-OH is 7. The van der Waals surface area contributed by atoms with E-state index < -0.39 is 99.3 Å². The van der Waals surface area contributed by atoms with E-state index in [-0.39, 0.29) is 19.4 Å². The molecule has 2 aliphatic heterocycles. The molecule has 0 aromatic rings. The van der Waals surface area contributed by atoms with E-state index >= 15 is 0 Å². The molecule has 7 N–H and O–H groups in total. The maximum Gasteiger partial charge on any atom is 0.306 e. The van der Waals surface area contributed by atoms with Crippen molar-refractivity contribution >= 4 is 11.9 Å². The van der Waals surface area contributed by atoms with Crippen LogP contribution in [0.2, 0.25) is 0 Å². The van der Waals surface area contributed by atoms with E-state index in [0.717, 1.165) is 89.9 Å². The van der Waals surface area contributed by atoms with Gasteiger partial charge >= 0.3 is 11.9 Å². The molecule has 15 nitrogen and oxygen atoms in total. The number of esters is 2. The number of rotatable bonds is 36.